The molecule has 216 valence electrons. The van der Waals surface area contributed by atoms with E-state index in [1.54, 1.807) is 12.2 Å². The van der Waals surface area contributed by atoms with Gasteiger partial charge < -0.3 is 15.0 Å². The topological polar surface area (TPSA) is 140 Å². The lowest BCUT2D eigenvalue weighted by molar-refractivity contribution is -0.393. The summed E-state index contributed by atoms with van der Waals surface area (Å²) in [6, 6.07) is 8.22. The molecule has 0 saturated carbocycles. The van der Waals surface area contributed by atoms with Gasteiger partial charge in [0.25, 0.3) is 11.4 Å². The summed E-state index contributed by atoms with van der Waals surface area (Å²) >= 11 is 0. The number of hydroxylamine groups is 2. The highest BCUT2D eigenvalue weighted by atomic mass is 19.4. The Morgan fingerprint density at radius 2 is 1.68 bits per heavy atom. The van der Waals surface area contributed by atoms with Gasteiger partial charge in [-0.1, -0.05) is 12.1 Å². The number of halogens is 3. The molecule has 0 bridgehead atoms. The van der Waals surface area contributed by atoms with Crippen LogP contribution in [0.4, 0.5) is 30.2 Å². The number of amides is 1. The van der Waals surface area contributed by atoms with Gasteiger partial charge in [-0.05, 0) is 37.0 Å². The van der Waals surface area contributed by atoms with Crippen LogP contribution in [-0.2, 0) is 15.8 Å². The van der Waals surface area contributed by atoms with Crippen molar-refractivity contribution in [3.63, 3.8) is 0 Å². The molecule has 2 heterocycles. The fraction of sp³-hybridized carbons (Fsp3) is 0.480. The molecule has 1 amide bonds. The average molecular weight is 568 g/mol. The second kappa shape index (κ2) is 11.6. The Bertz CT molecular complexity index is 1230. The third-order valence-corrected chi connectivity index (χ3v) is 7.22. The number of nitro benzene ring substituents is 2. The van der Waals surface area contributed by atoms with Crippen molar-refractivity contribution in [2.24, 2.45) is 5.92 Å². The highest BCUT2D eigenvalue weighted by Gasteiger charge is 2.40. The minimum absolute atomic E-state index is 0.00800. The summed E-state index contributed by atoms with van der Waals surface area (Å²) in [4.78, 5) is 41.0. The zero-order valence-electron chi connectivity index (χ0n) is 21.7. The molecule has 4 rings (SSSR count). The maximum absolute atomic E-state index is 13.2. The van der Waals surface area contributed by atoms with E-state index in [9.17, 15) is 38.2 Å². The van der Waals surface area contributed by atoms with E-state index in [0.717, 1.165) is 11.3 Å². The van der Waals surface area contributed by atoms with Gasteiger partial charge in [-0.2, -0.15) is 18.2 Å². The number of nitro groups is 2. The summed E-state index contributed by atoms with van der Waals surface area (Å²) < 4.78 is 44.8. The van der Waals surface area contributed by atoms with Gasteiger partial charge in [0, 0.05) is 44.7 Å². The lowest BCUT2D eigenvalue weighted by atomic mass is 9.94. The molecule has 2 aromatic rings. The minimum atomic E-state index is -4.99. The number of benzene rings is 2. The number of piperidine rings is 1. The molecule has 2 saturated heterocycles. The number of carbonyl (C=O) groups is 1. The summed E-state index contributed by atoms with van der Waals surface area (Å²) in [6.07, 6.45) is -4.20. The summed E-state index contributed by atoms with van der Waals surface area (Å²) in [5.74, 6) is 0.0123. The van der Waals surface area contributed by atoms with Gasteiger partial charge in [-0.25, -0.2) is 0 Å². The molecule has 0 aromatic heterocycles. The summed E-state index contributed by atoms with van der Waals surface area (Å²) in [5, 5.41) is 27.8. The molecule has 2 fully saturated rings. The number of rotatable bonds is 8. The maximum Gasteiger partial charge on any atom is 0.416 e. The highest BCUT2D eigenvalue weighted by Crippen LogP contribution is 2.44. The van der Waals surface area contributed by atoms with Crippen molar-refractivity contribution in [1.29, 1.82) is 0 Å². The fourth-order valence-corrected chi connectivity index (χ4v) is 5.14. The number of nitrogens with zero attached hydrogens (tertiary/aromatic N) is 4. The van der Waals surface area contributed by atoms with Crippen LogP contribution < -0.4 is 15.0 Å². The zero-order valence-corrected chi connectivity index (χ0v) is 21.7. The standard InChI is InChI=1S/C25H28F3N5O7/c1-30-20(15-3-5-18(39-2)6-4-15)13-19(40-30)14-29-24(34)16-7-9-31(10-8-16)23-21(32(35)36)11-17(25(26,27)28)12-22(23)33(37)38/h3-6,11-12,16,19-20H,7-10,13-14H2,1-2H3,(H,29,34)/t19-,20-/m0/s1. The van der Waals surface area contributed by atoms with Gasteiger partial charge in [0.05, 0.1) is 34.7 Å². The third kappa shape index (κ3) is 6.25. The maximum atomic E-state index is 13.2. The molecule has 2 aliphatic heterocycles. The molecule has 12 nitrogen and oxygen atoms in total. The van der Waals surface area contributed by atoms with Gasteiger partial charge in [0.15, 0.2) is 5.69 Å². The number of methoxy groups -OCH3 is 1. The summed E-state index contributed by atoms with van der Waals surface area (Å²) in [7, 11) is 3.40. The van der Waals surface area contributed by atoms with Crippen molar-refractivity contribution in [2.75, 3.05) is 38.7 Å². The van der Waals surface area contributed by atoms with E-state index in [1.165, 1.54) is 4.90 Å². The molecule has 0 spiro atoms. The Labute approximate surface area is 226 Å². The van der Waals surface area contributed by atoms with Crippen molar-refractivity contribution in [2.45, 2.75) is 37.6 Å². The Kier molecular flexibility index (Phi) is 8.44. The molecule has 2 aliphatic rings. The van der Waals surface area contributed by atoms with Crippen molar-refractivity contribution in [3.8, 4) is 5.75 Å². The molecular weight excluding hydrogens is 539 g/mol. The van der Waals surface area contributed by atoms with Crippen molar-refractivity contribution in [1.82, 2.24) is 10.4 Å². The third-order valence-electron chi connectivity index (χ3n) is 7.22. The SMILES string of the molecule is COc1ccc([C@@H]2C[C@@H](CNC(=O)C3CCN(c4c([N+](=O)[O-])cc(C(F)(F)F)cc4[N+](=O)[O-])CC3)ON2C)cc1. The first kappa shape index (κ1) is 29.0. The number of nitrogens with one attached hydrogen (secondary N) is 1. The number of alkyl halides is 3. The molecule has 2 atom stereocenters. The van der Waals surface area contributed by atoms with Crippen LogP contribution >= 0.6 is 0 Å². The van der Waals surface area contributed by atoms with E-state index in [-0.39, 0.29) is 50.5 Å². The predicted octanol–water partition coefficient (Wildman–Crippen LogP) is 4.24. The normalized spacial score (nSPS) is 20.4. The van der Waals surface area contributed by atoms with Gasteiger partial charge in [0.1, 0.15) is 5.75 Å². The van der Waals surface area contributed by atoms with E-state index in [4.69, 9.17) is 9.57 Å². The molecule has 0 aliphatic carbocycles. The van der Waals surface area contributed by atoms with E-state index in [0.29, 0.717) is 18.6 Å². The van der Waals surface area contributed by atoms with E-state index in [2.05, 4.69) is 5.32 Å². The van der Waals surface area contributed by atoms with E-state index < -0.39 is 44.6 Å². The van der Waals surface area contributed by atoms with E-state index >= 15 is 0 Å². The second-order valence-electron chi connectivity index (χ2n) is 9.68. The van der Waals surface area contributed by atoms with E-state index in [1.807, 2.05) is 31.3 Å². The zero-order chi connectivity index (χ0) is 29.2. The Morgan fingerprint density at radius 1 is 1.10 bits per heavy atom. The smallest absolute Gasteiger partial charge is 0.416 e. The Balaban J connectivity index is 1.37. The van der Waals surface area contributed by atoms with Crippen LogP contribution in [0.2, 0.25) is 0 Å². The molecular formula is C25H28F3N5O7. The van der Waals surface area contributed by atoms with Crippen LogP contribution in [-0.4, -0.2) is 60.7 Å². The van der Waals surface area contributed by atoms with Gasteiger partial charge in [0.2, 0.25) is 5.91 Å². The Morgan fingerprint density at radius 3 is 2.17 bits per heavy atom. The lowest BCUT2D eigenvalue weighted by Gasteiger charge is -2.32. The predicted molar refractivity (Wildman–Crippen MR) is 136 cm³/mol. The first-order valence-corrected chi connectivity index (χ1v) is 12.5. The molecule has 1 N–H and O–H groups in total. The largest absolute Gasteiger partial charge is 0.497 e. The first-order chi connectivity index (χ1) is 18.9. The number of carbonyl (C=O) groups excluding carboxylic acids is 1. The quantitative estimate of drug-likeness (QED) is 0.366. The van der Waals surface area contributed by atoms with Crippen LogP contribution in [0.25, 0.3) is 0 Å². The van der Waals surface area contributed by atoms with Crippen molar-refractivity contribution >= 4 is 23.0 Å². The monoisotopic (exact) mass is 567 g/mol. The van der Waals surface area contributed by atoms with Crippen LogP contribution in [0.1, 0.15) is 36.4 Å². The van der Waals surface area contributed by atoms with Crippen molar-refractivity contribution in [3.05, 3.63) is 67.8 Å². The minimum Gasteiger partial charge on any atom is -0.497 e. The number of hydrogen-bond donors (Lipinski definition) is 1. The second-order valence-corrected chi connectivity index (χ2v) is 9.68. The van der Waals surface area contributed by atoms with Gasteiger partial charge >= 0.3 is 6.18 Å². The van der Waals surface area contributed by atoms with Crippen LogP contribution in [0.5, 0.6) is 5.75 Å². The lowest BCUT2D eigenvalue weighted by Crippen LogP contribution is -2.42. The number of hydrogen-bond acceptors (Lipinski definition) is 9. The van der Waals surface area contributed by atoms with Crippen molar-refractivity contribution < 1.29 is 37.4 Å². The van der Waals surface area contributed by atoms with Crippen LogP contribution in [0.3, 0.4) is 0 Å². The average Bonchev–Trinajstić information content (AvgIpc) is 3.30. The highest BCUT2D eigenvalue weighted by molar-refractivity contribution is 5.80. The van der Waals surface area contributed by atoms with Crippen LogP contribution in [0.15, 0.2) is 36.4 Å². The summed E-state index contributed by atoms with van der Waals surface area (Å²) in [6.45, 7) is 0.298. The fourth-order valence-electron chi connectivity index (χ4n) is 5.14. The molecule has 40 heavy (non-hydrogen) atoms. The van der Waals surface area contributed by atoms with Gasteiger partial charge in [-0.15, -0.1) is 0 Å². The van der Waals surface area contributed by atoms with Gasteiger partial charge in [-0.3, -0.25) is 29.9 Å². The molecule has 15 heteroatoms. The number of anilines is 1. The molecule has 2 aromatic carbocycles. The summed E-state index contributed by atoms with van der Waals surface area (Å²) in [5.41, 5.74) is -2.93. The molecule has 0 radical (unpaired) electrons. The number of ether oxygens (including phenoxy) is 1. The molecule has 0 unspecified atom stereocenters. The Hall–Kier alpha value is -3.98. The van der Waals surface area contributed by atoms with Crippen LogP contribution in [0, 0.1) is 26.1 Å². The first-order valence-electron chi connectivity index (χ1n) is 12.5.